The highest BCUT2D eigenvalue weighted by Gasteiger charge is 2.51. The van der Waals surface area contributed by atoms with E-state index in [1.54, 1.807) is 6.07 Å². The predicted octanol–water partition coefficient (Wildman–Crippen LogP) is 5.11. The van der Waals surface area contributed by atoms with Gasteiger partial charge in [-0.1, -0.05) is 30.0 Å². The van der Waals surface area contributed by atoms with Gasteiger partial charge in [-0.15, -0.1) is 11.3 Å². The summed E-state index contributed by atoms with van der Waals surface area (Å²) >= 11 is 2.82. The number of aryl methyl sites for hydroxylation is 2. The zero-order valence-electron chi connectivity index (χ0n) is 19.3. The third-order valence-corrected chi connectivity index (χ3v) is 8.96. The monoisotopic (exact) mass is 507 g/mol. The fraction of sp³-hybridized carbons (Fsp3) is 0.308. The Bertz CT molecular complexity index is 1370. The number of nitrogens with one attached hydrogen (secondary N) is 2. The van der Waals surface area contributed by atoms with Crippen LogP contribution in [0, 0.1) is 37.5 Å². The molecule has 2 amide bonds. The molecule has 7 nitrogen and oxygen atoms in total. The highest BCUT2D eigenvalue weighted by Crippen LogP contribution is 2.48. The molecule has 3 aromatic rings. The lowest BCUT2D eigenvalue weighted by Crippen LogP contribution is -2.36. The Balaban J connectivity index is 1.22. The van der Waals surface area contributed by atoms with Gasteiger partial charge in [-0.3, -0.25) is 14.4 Å². The fourth-order valence-corrected chi connectivity index (χ4v) is 6.84. The summed E-state index contributed by atoms with van der Waals surface area (Å²) in [4.78, 5) is 41.6. The summed E-state index contributed by atoms with van der Waals surface area (Å²) in [5.41, 5.74) is 4.48. The van der Waals surface area contributed by atoms with Crippen LogP contribution in [0.25, 0.3) is 10.2 Å². The first-order valence-electron chi connectivity index (χ1n) is 11.4. The van der Waals surface area contributed by atoms with Crippen molar-refractivity contribution in [2.24, 2.45) is 23.7 Å². The van der Waals surface area contributed by atoms with Crippen LogP contribution in [0.4, 0.5) is 11.4 Å². The molecule has 5 rings (SSSR count). The first-order chi connectivity index (χ1) is 16.8. The number of amides is 2. The van der Waals surface area contributed by atoms with Gasteiger partial charge in [0, 0.05) is 11.4 Å². The van der Waals surface area contributed by atoms with Crippen molar-refractivity contribution in [2.75, 3.05) is 16.4 Å². The number of benzene rings is 2. The Labute approximate surface area is 211 Å². The van der Waals surface area contributed by atoms with Crippen molar-refractivity contribution in [2.45, 2.75) is 24.6 Å². The number of aromatic nitrogens is 1. The minimum Gasteiger partial charge on any atom is -0.481 e. The quantitative estimate of drug-likeness (QED) is 0.303. The number of thiazole rings is 1. The van der Waals surface area contributed by atoms with Crippen LogP contribution in [0.15, 0.2) is 52.9 Å². The summed E-state index contributed by atoms with van der Waals surface area (Å²) in [6.07, 6.45) is 4.62. The molecule has 2 aliphatic carbocycles. The molecule has 2 bridgehead atoms. The van der Waals surface area contributed by atoms with Gasteiger partial charge in [0.2, 0.25) is 11.8 Å². The molecule has 35 heavy (non-hydrogen) atoms. The first-order valence-corrected chi connectivity index (χ1v) is 13.2. The minimum atomic E-state index is -0.914. The fourth-order valence-electron chi connectivity index (χ4n) is 4.93. The Morgan fingerprint density at radius 3 is 2.46 bits per heavy atom. The maximum atomic E-state index is 13.0. The molecule has 0 radical (unpaired) electrons. The lowest BCUT2D eigenvalue weighted by molar-refractivity contribution is -0.146. The van der Waals surface area contributed by atoms with E-state index in [0.717, 1.165) is 32.2 Å². The Morgan fingerprint density at radius 2 is 1.71 bits per heavy atom. The van der Waals surface area contributed by atoms with Crippen molar-refractivity contribution in [1.29, 1.82) is 0 Å². The van der Waals surface area contributed by atoms with Crippen molar-refractivity contribution in [3.05, 3.63) is 59.7 Å². The first kappa shape index (κ1) is 23.6. The number of fused-ring (bicyclic) bond motifs is 3. The molecule has 0 spiro atoms. The van der Waals surface area contributed by atoms with Gasteiger partial charge in [-0.25, -0.2) is 4.98 Å². The summed E-state index contributed by atoms with van der Waals surface area (Å²) in [5.74, 6) is -2.34. The van der Waals surface area contributed by atoms with Crippen LogP contribution in [-0.2, 0) is 14.4 Å². The second kappa shape index (κ2) is 9.47. The number of carboxylic acid groups (broad SMARTS) is 1. The van der Waals surface area contributed by atoms with Gasteiger partial charge in [-0.2, -0.15) is 0 Å². The van der Waals surface area contributed by atoms with E-state index in [0.29, 0.717) is 5.69 Å². The van der Waals surface area contributed by atoms with E-state index >= 15 is 0 Å². The zero-order valence-corrected chi connectivity index (χ0v) is 20.9. The summed E-state index contributed by atoms with van der Waals surface area (Å²) in [6.45, 7) is 4.04. The molecule has 0 aliphatic heterocycles. The van der Waals surface area contributed by atoms with Gasteiger partial charge in [-0.05, 0) is 73.6 Å². The minimum absolute atomic E-state index is 0.0220. The number of thioether (sulfide) groups is 1. The van der Waals surface area contributed by atoms with E-state index in [1.165, 1.54) is 28.7 Å². The van der Waals surface area contributed by atoms with E-state index in [1.807, 2.05) is 56.3 Å². The molecule has 1 aromatic heterocycles. The van der Waals surface area contributed by atoms with E-state index in [-0.39, 0.29) is 29.4 Å². The van der Waals surface area contributed by atoms with Crippen molar-refractivity contribution >= 4 is 62.5 Å². The summed E-state index contributed by atoms with van der Waals surface area (Å²) in [7, 11) is 0. The van der Waals surface area contributed by atoms with Crippen molar-refractivity contribution < 1.29 is 19.5 Å². The highest BCUT2D eigenvalue weighted by atomic mass is 32.2. The molecule has 180 valence electrons. The zero-order chi connectivity index (χ0) is 24.7. The number of carboxylic acids is 1. The molecule has 2 aliphatic rings. The molecule has 0 unspecified atom stereocenters. The Hall–Kier alpha value is -3.17. The number of nitrogens with zero attached hydrogens (tertiary/aromatic N) is 1. The third-order valence-electron chi connectivity index (χ3n) is 6.80. The summed E-state index contributed by atoms with van der Waals surface area (Å²) in [6, 6.07) is 11.3. The Morgan fingerprint density at radius 1 is 1.00 bits per heavy atom. The largest absolute Gasteiger partial charge is 0.481 e. The Kier molecular flexibility index (Phi) is 6.37. The normalized spacial score (nSPS) is 22.5. The topological polar surface area (TPSA) is 108 Å². The molecule has 1 heterocycles. The number of aliphatic carboxylic acids is 1. The third kappa shape index (κ3) is 4.83. The molecule has 3 N–H and O–H groups in total. The van der Waals surface area contributed by atoms with Crippen LogP contribution < -0.4 is 10.6 Å². The molecule has 2 aromatic carbocycles. The van der Waals surface area contributed by atoms with Crippen molar-refractivity contribution in [3.8, 4) is 0 Å². The maximum absolute atomic E-state index is 13.0. The molecule has 1 fully saturated rings. The SMILES string of the molecule is Cc1ccc(NC(=O)CSc2nc3ccc(NC(=O)[C@H]4[C@@H](C(=O)O)[C@H]5C=C[C@H]4C5)cc3s2)cc1C. The van der Waals surface area contributed by atoms with E-state index in [2.05, 4.69) is 15.6 Å². The smallest absolute Gasteiger partial charge is 0.307 e. The average Bonchev–Trinajstić information content (AvgIpc) is 3.54. The number of rotatable bonds is 7. The second-order valence-corrected chi connectivity index (χ2v) is 11.4. The second-order valence-electron chi connectivity index (χ2n) is 9.13. The summed E-state index contributed by atoms with van der Waals surface area (Å²) in [5, 5.41) is 15.4. The van der Waals surface area contributed by atoms with Crippen LogP contribution in [0.3, 0.4) is 0 Å². The van der Waals surface area contributed by atoms with E-state index in [4.69, 9.17) is 0 Å². The van der Waals surface area contributed by atoms with Gasteiger partial charge in [0.05, 0.1) is 27.8 Å². The number of allylic oxidation sites excluding steroid dienone is 2. The average molecular weight is 508 g/mol. The maximum Gasteiger partial charge on any atom is 0.307 e. The molecular weight excluding hydrogens is 482 g/mol. The lowest BCUT2D eigenvalue weighted by Gasteiger charge is -2.23. The highest BCUT2D eigenvalue weighted by molar-refractivity contribution is 8.01. The molecule has 1 saturated carbocycles. The lowest BCUT2D eigenvalue weighted by atomic mass is 9.82. The van der Waals surface area contributed by atoms with Crippen LogP contribution in [0.5, 0.6) is 0 Å². The molecular formula is C26H25N3O4S2. The number of hydrogen-bond acceptors (Lipinski definition) is 6. The van der Waals surface area contributed by atoms with Crippen molar-refractivity contribution in [3.63, 3.8) is 0 Å². The van der Waals surface area contributed by atoms with Gasteiger partial charge < -0.3 is 15.7 Å². The van der Waals surface area contributed by atoms with E-state index < -0.39 is 17.8 Å². The van der Waals surface area contributed by atoms with Gasteiger partial charge in [0.25, 0.3) is 0 Å². The van der Waals surface area contributed by atoms with Gasteiger partial charge >= 0.3 is 5.97 Å². The van der Waals surface area contributed by atoms with Gasteiger partial charge in [0.1, 0.15) is 0 Å². The number of carbonyl (C=O) groups excluding carboxylic acids is 2. The van der Waals surface area contributed by atoms with Crippen LogP contribution in [0.1, 0.15) is 17.5 Å². The van der Waals surface area contributed by atoms with Crippen molar-refractivity contribution in [1.82, 2.24) is 4.98 Å². The van der Waals surface area contributed by atoms with Crippen LogP contribution in [-0.4, -0.2) is 33.6 Å². The molecule has 0 saturated heterocycles. The summed E-state index contributed by atoms with van der Waals surface area (Å²) < 4.78 is 1.66. The molecule has 4 atom stereocenters. The number of hydrogen-bond donors (Lipinski definition) is 3. The number of carbonyl (C=O) groups is 3. The van der Waals surface area contributed by atoms with Crippen LogP contribution >= 0.6 is 23.1 Å². The molecule has 9 heteroatoms. The van der Waals surface area contributed by atoms with Gasteiger partial charge in [0.15, 0.2) is 4.34 Å². The van der Waals surface area contributed by atoms with E-state index in [9.17, 15) is 19.5 Å². The predicted molar refractivity (Wildman–Crippen MR) is 139 cm³/mol. The van der Waals surface area contributed by atoms with Crippen LogP contribution in [0.2, 0.25) is 0 Å². The standard InChI is InChI=1S/C26H25N3O4S2/c1-13-3-6-17(9-14(13)2)27-21(30)12-34-26-29-19-8-7-18(11-20(19)35-26)28-24(31)22-15-4-5-16(10-15)23(22)25(32)33/h3-9,11,15-16,22-23H,10,12H2,1-2H3,(H,27,30)(H,28,31)(H,32,33)/t15-,16-,22+,23-/m0/s1. The number of anilines is 2.